The molecule has 0 aliphatic rings. The van der Waals surface area contributed by atoms with Crippen LogP contribution in [0.15, 0.2) is 40.6 Å². The first-order valence-electron chi connectivity index (χ1n) is 5.36. The Morgan fingerprint density at radius 1 is 1.21 bits per heavy atom. The number of imidazole rings is 1. The van der Waals surface area contributed by atoms with Crippen LogP contribution < -0.4 is 5.73 Å². The number of benzene rings is 1. The van der Waals surface area contributed by atoms with Crippen LogP contribution in [-0.4, -0.2) is 15.0 Å². The molecule has 3 aromatic rings. The molecule has 3 rings (SSSR count). The third-order valence-corrected chi connectivity index (χ3v) is 3.96. The van der Waals surface area contributed by atoms with Gasteiger partial charge in [0.1, 0.15) is 5.03 Å². The summed E-state index contributed by atoms with van der Waals surface area (Å²) >= 11 is 13.2. The molecule has 0 atom stereocenters. The fourth-order valence-corrected chi connectivity index (χ4v) is 2.87. The molecule has 0 fully saturated rings. The van der Waals surface area contributed by atoms with E-state index in [-0.39, 0.29) is 0 Å². The Labute approximate surface area is 123 Å². The highest BCUT2D eigenvalue weighted by atomic mass is 35.5. The highest BCUT2D eigenvalue weighted by molar-refractivity contribution is 7.99. The summed E-state index contributed by atoms with van der Waals surface area (Å²) in [4.78, 5) is 11.8. The average molecular weight is 311 g/mol. The van der Waals surface area contributed by atoms with Crippen molar-refractivity contribution in [3.8, 4) is 0 Å². The monoisotopic (exact) mass is 310 g/mol. The predicted molar refractivity (Wildman–Crippen MR) is 78.9 cm³/mol. The summed E-state index contributed by atoms with van der Waals surface area (Å²) in [6, 6.07) is 7.16. The molecule has 0 unspecified atom stereocenters. The minimum atomic E-state index is 0.498. The number of nitrogens with zero attached hydrogens (tertiary/aromatic N) is 2. The predicted octanol–water partition coefficient (Wildman–Crippen LogP) is 4.00. The molecule has 0 saturated heterocycles. The standard InChI is InChI=1S/C12H8Cl2N4S/c13-6-3-8(14)11(16-5-6)19-12-17-9-2-1-7(15)4-10(9)18-12/h1-5H,15H2,(H,17,18). The summed E-state index contributed by atoms with van der Waals surface area (Å²) in [5.41, 5.74) is 8.14. The fourth-order valence-electron chi connectivity index (χ4n) is 1.62. The van der Waals surface area contributed by atoms with Crippen LogP contribution in [-0.2, 0) is 0 Å². The lowest BCUT2D eigenvalue weighted by atomic mass is 10.3. The number of rotatable bonds is 2. The Morgan fingerprint density at radius 3 is 2.84 bits per heavy atom. The van der Waals surface area contributed by atoms with Crippen molar-refractivity contribution < 1.29 is 0 Å². The second kappa shape index (κ2) is 4.92. The van der Waals surface area contributed by atoms with Crippen LogP contribution in [0.3, 0.4) is 0 Å². The van der Waals surface area contributed by atoms with Gasteiger partial charge in [-0.05, 0) is 36.0 Å². The Balaban J connectivity index is 1.96. The van der Waals surface area contributed by atoms with Crippen molar-refractivity contribution in [2.45, 2.75) is 10.2 Å². The Hall–Kier alpha value is -1.43. The van der Waals surface area contributed by atoms with Gasteiger partial charge in [0.2, 0.25) is 0 Å². The molecule has 0 bridgehead atoms. The second-order valence-corrected chi connectivity index (χ2v) is 5.68. The third-order valence-electron chi connectivity index (χ3n) is 2.45. The molecule has 4 nitrogen and oxygen atoms in total. The van der Waals surface area contributed by atoms with Gasteiger partial charge in [0.25, 0.3) is 0 Å². The first-order valence-corrected chi connectivity index (χ1v) is 6.93. The number of hydrogen-bond acceptors (Lipinski definition) is 4. The molecule has 0 spiro atoms. The van der Waals surface area contributed by atoms with Gasteiger partial charge in [-0.25, -0.2) is 9.97 Å². The van der Waals surface area contributed by atoms with Crippen molar-refractivity contribution in [2.75, 3.05) is 5.73 Å². The smallest absolute Gasteiger partial charge is 0.172 e. The summed E-state index contributed by atoms with van der Waals surface area (Å²) in [6.45, 7) is 0. The lowest BCUT2D eigenvalue weighted by molar-refractivity contribution is 1.06. The zero-order valence-electron chi connectivity index (χ0n) is 9.52. The number of fused-ring (bicyclic) bond motifs is 1. The normalized spacial score (nSPS) is 11.1. The van der Waals surface area contributed by atoms with Gasteiger partial charge in [-0.2, -0.15) is 0 Å². The van der Waals surface area contributed by atoms with Crippen LogP contribution >= 0.6 is 35.0 Å². The zero-order valence-corrected chi connectivity index (χ0v) is 11.9. The molecular weight excluding hydrogens is 303 g/mol. The van der Waals surface area contributed by atoms with Crippen molar-refractivity contribution in [3.63, 3.8) is 0 Å². The van der Waals surface area contributed by atoms with E-state index in [0.29, 0.717) is 25.9 Å². The highest BCUT2D eigenvalue weighted by Crippen LogP contribution is 2.32. The van der Waals surface area contributed by atoms with Crippen LogP contribution in [0.4, 0.5) is 5.69 Å². The van der Waals surface area contributed by atoms with Crippen molar-refractivity contribution in [1.29, 1.82) is 0 Å². The lowest BCUT2D eigenvalue weighted by Crippen LogP contribution is -1.83. The summed E-state index contributed by atoms with van der Waals surface area (Å²) in [6.07, 6.45) is 1.55. The van der Waals surface area contributed by atoms with Gasteiger partial charge in [0, 0.05) is 11.9 Å². The minimum absolute atomic E-state index is 0.498. The fraction of sp³-hybridized carbons (Fsp3) is 0. The van der Waals surface area contributed by atoms with Crippen LogP contribution in [0.1, 0.15) is 0 Å². The summed E-state index contributed by atoms with van der Waals surface area (Å²) in [5.74, 6) is 0. The van der Waals surface area contributed by atoms with E-state index in [4.69, 9.17) is 28.9 Å². The SMILES string of the molecule is Nc1ccc2nc(Sc3ncc(Cl)cc3Cl)[nH]c2c1. The van der Waals surface area contributed by atoms with E-state index in [1.54, 1.807) is 12.3 Å². The highest BCUT2D eigenvalue weighted by Gasteiger charge is 2.09. The number of aromatic nitrogens is 3. The molecule has 3 N–H and O–H groups in total. The molecule has 0 aliphatic heterocycles. The number of pyridine rings is 1. The van der Waals surface area contributed by atoms with Crippen LogP contribution in [0.5, 0.6) is 0 Å². The number of nitrogens with two attached hydrogens (primary N) is 1. The minimum Gasteiger partial charge on any atom is -0.399 e. The first-order chi connectivity index (χ1) is 9.11. The second-order valence-electron chi connectivity index (χ2n) is 3.86. The summed E-state index contributed by atoms with van der Waals surface area (Å²) in [7, 11) is 0. The van der Waals surface area contributed by atoms with Crippen molar-refractivity contribution in [3.05, 3.63) is 40.5 Å². The quantitative estimate of drug-likeness (QED) is 0.702. The van der Waals surface area contributed by atoms with E-state index in [2.05, 4.69) is 15.0 Å². The number of nitrogen functional groups attached to an aromatic ring is 1. The maximum atomic E-state index is 6.07. The maximum absolute atomic E-state index is 6.07. The molecule has 19 heavy (non-hydrogen) atoms. The van der Waals surface area contributed by atoms with Gasteiger partial charge in [-0.15, -0.1) is 0 Å². The number of aromatic amines is 1. The Bertz CT molecular complexity index is 757. The number of nitrogens with one attached hydrogen (secondary N) is 1. The van der Waals surface area contributed by atoms with Crippen LogP contribution in [0, 0.1) is 0 Å². The molecule has 0 amide bonds. The molecule has 7 heteroatoms. The van der Waals surface area contributed by atoms with E-state index < -0.39 is 0 Å². The van der Waals surface area contributed by atoms with Crippen molar-refractivity contribution >= 4 is 51.7 Å². The molecular formula is C12H8Cl2N4S. The van der Waals surface area contributed by atoms with Crippen LogP contribution in [0.2, 0.25) is 10.0 Å². The number of hydrogen-bond donors (Lipinski definition) is 2. The first kappa shape index (κ1) is 12.6. The Kier molecular flexibility index (Phi) is 3.26. The van der Waals surface area contributed by atoms with Gasteiger partial charge in [0.05, 0.1) is 21.1 Å². The number of H-pyrrole nitrogens is 1. The number of halogens is 2. The van der Waals surface area contributed by atoms with Gasteiger partial charge >= 0.3 is 0 Å². The molecule has 2 aromatic heterocycles. The molecule has 0 aliphatic carbocycles. The maximum Gasteiger partial charge on any atom is 0.172 e. The topological polar surface area (TPSA) is 67.6 Å². The van der Waals surface area contributed by atoms with Crippen molar-refractivity contribution in [2.24, 2.45) is 0 Å². The van der Waals surface area contributed by atoms with E-state index in [1.807, 2.05) is 18.2 Å². The molecule has 96 valence electrons. The van der Waals surface area contributed by atoms with E-state index in [9.17, 15) is 0 Å². The largest absolute Gasteiger partial charge is 0.399 e. The Morgan fingerprint density at radius 2 is 2.05 bits per heavy atom. The van der Waals surface area contributed by atoms with E-state index in [1.165, 1.54) is 11.8 Å². The summed E-state index contributed by atoms with van der Waals surface area (Å²) in [5, 5.41) is 2.36. The molecule has 2 heterocycles. The molecule has 0 radical (unpaired) electrons. The van der Waals surface area contributed by atoms with E-state index >= 15 is 0 Å². The van der Waals surface area contributed by atoms with Gasteiger partial charge in [0.15, 0.2) is 5.16 Å². The lowest BCUT2D eigenvalue weighted by Gasteiger charge is -2.00. The van der Waals surface area contributed by atoms with E-state index in [0.717, 1.165) is 11.0 Å². The van der Waals surface area contributed by atoms with Gasteiger partial charge in [-0.3, -0.25) is 0 Å². The molecule has 1 aromatic carbocycles. The van der Waals surface area contributed by atoms with Gasteiger partial charge in [-0.1, -0.05) is 23.2 Å². The summed E-state index contributed by atoms with van der Waals surface area (Å²) < 4.78 is 0. The van der Waals surface area contributed by atoms with Crippen LogP contribution in [0.25, 0.3) is 11.0 Å². The van der Waals surface area contributed by atoms with Gasteiger partial charge < -0.3 is 10.7 Å². The van der Waals surface area contributed by atoms with Crippen molar-refractivity contribution in [1.82, 2.24) is 15.0 Å². The molecule has 0 saturated carbocycles. The number of anilines is 1. The average Bonchev–Trinajstić information content (AvgIpc) is 2.74. The third kappa shape index (κ3) is 2.63. The zero-order chi connectivity index (χ0) is 13.4.